The van der Waals surface area contributed by atoms with Crippen molar-refractivity contribution in [1.29, 1.82) is 0 Å². The smallest absolute Gasteiger partial charge is 0.212 e. The second-order valence-electron chi connectivity index (χ2n) is 6.54. The number of nitrogens with one attached hydrogen (secondary N) is 1. The summed E-state index contributed by atoms with van der Waals surface area (Å²) in [6, 6.07) is 2.13. The van der Waals surface area contributed by atoms with Crippen LogP contribution in [0.2, 0.25) is 0 Å². The minimum atomic E-state index is -4.01. The second-order valence-corrected chi connectivity index (χ2v) is 10.5. The van der Waals surface area contributed by atoms with Crippen molar-refractivity contribution in [3.63, 3.8) is 0 Å². The highest BCUT2D eigenvalue weighted by atomic mass is 32.2. The first-order chi connectivity index (χ1) is 11.7. The highest BCUT2D eigenvalue weighted by Gasteiger charge is 2.41. The van der Waals surface area contributed by atoms with Gasteiger partial charge in [0.15, 0.2) is 0 Å². The summed E-state index contributed by atoms with van der Waals surface area (Å²) in [5.74, 6) is -1.93. The average molecular weight is 394 g/mol. The van der Waals surface area contributed by atoms with Crippen LogP contribution in [0.25, 0.3) is 0 Å². The molecule has 1 saturated heterocycles. The third kappa shape index (κ3) is 4.36. The fraction of sp³-hybridized carbons (Fsp3) is 0.600. The maximum absolute atomic E-state index is 13.2. The Morgan fingerprint density at radius 2 is 1.52 bits per heavy atom. The van der Waals surface area contributed by atoms with Crippen molar-refractivity contribution in [2.24, 2.45) is 5.92 Å². The second kappa shape index (κ2) is 6.90. The van der Waals surface area contributed by atoms with Crippen molar-refractivity contribution in [1.82, 2.24) is 9.03 Å². The number of benzene rings is 1. The van der Waals surface area contributed by atoms with Crippen molar-refractivity contribution < 1.29 is 25.6 Å². The van der Waals surface area contributed by atoms with Gasteiger partial charge >= 0.3 is 0 Å². The number of piperidine rings is 1. The Bertz CT molecular complexity index is 826. The largest absolute Gasteiger partial charge is 0.240 e. The van der Waals surface area contributed by atoms with Crippen LogP contribution in [0.15, 0.2) is 23.1 Å². The fourth-order valence-corrected chi connectivity index (χ4v) is 5.97. The Labute approximate surface area is 146 Å². The molecule has 140 valence electrons. The molecule has 1 saturated carbocycles. The highest BCUT2D eigenvalue weighted by Crippen LogP contribution is 2.33. The van der Waals surface area contributed by atoms with Gasteiger partial charge < -0.3 is 0 Å². The Balaban J connectivity index is 1.56. The van der Waals surface area contributed by atoms with Gasteiger partial charge in [0.2, 0.25) is 20.0 Å². The van der Waals surface area contributed by atoms with Gasteiger partial charge in [-0.3, -0.25) is 0 Å². The molecular formula is C15H20F2N2O4S2. The molecule has 1 aliphatic carbocycles. The summed E-state index contributed by atoms with van der Waals surface area (Å²) >= 11 is 0. The SMILES string of the molecule is O=S(=O)(NCC1CCN(S(=O)(=O)C2CC2)CC1)c1cc(F)cc(F)c1. The van der Waals surface area contributed by atoms with Crippen LogP contribution < -0.4 is 4.72 Å². The number of nitrogens with zero attached hydrogens (tertiary/aromatic N) is 1. The normalized spacial score (nSPS) is 20.7. The monoisotopic (exact) mass is 394 g/mol. The van der Waals surface area contributed by atoms with Gasteiger partial charge in [0, 0.05) is 25.7 Å². The summed E-state index contributed by atoms with van der Waals surface area (Å²) in [4.78, 5) is -0.459. The topological polar surface area (TPSA) is 83.6 Å². The van der Waals surface area contributed by atoms with E-state index in [2.05, 4.69) is 4.72 Å². The molecule has 0 atom stereocenters. The summed E-state index contributed by atoms with van der Waals surface area (Å²) in [5.41, 5.74) is 0. The molecule has 0 unspecified atom stereocenters. The molecular weight excluding hydrogens is 374 g/mol. The van der Waals surface area contributed by atoms with Crippen LogP contribution in [0.1, 0.15) is 25.7 Å². The fourth-order valence-electron chi connectivity index (χ4n) is 2.94. The van der Waals surface area contributed by atoms with Crippen LogP contribution in [-0.4, -0.2) is 46.0 Å². The number of hydrogen-bond acceptors (Lipinski definition) is 4. The molecule has 1 N–H and O–H groups in total. The molecule has 25 heavy (non-hydrogen) atoms. The van der Waals surface area contributed by atoms with Gasteiger partial charge in [-0.25, -0.2) is 34.6 Å². The van der Waals surface area contributed by atoms with Gasteiger partial charge in [0.1, 0.15) is 11.6 Å². The predicted octanol–water partition coefficient (Wildman–Crippen LogP) is 1.45. The first-order valence-corrected chi connectivity index (χ1v) is 11.1. The Kier molecular flexibility index (Phi) is 5.16. The van der Waals surface area contributed by atoms with Gasteiger partial charge in [-0.1, -0.05) is 0 Å². The van der Waals surface area contributed by atoms with Gasteiger partial charge in [0.05, 0.1) is 10.1 Å². The number of sulfonamides is 2. The van der Waals surface area contributed by atoms with Gasteiger partial charge in [-0.05, 0) is 43.7 Å². The van der Waals surface area contributed by atoms with E-state index in [-0.39, 0.29) is 17.7 Å². The van der Waals surface area contributed by atoms with E-state index in [4.69, 9.17) is 0 Å². The minimum absolute atomic E-state index is 0.0150. The molecule has 10 heteroatoms. The van der Waals surface area contributed by atoms with E-state index in [1.54, 1.807) is 0 Å². The molecule has 2 fully saturated rings. The first kappa shape index (κ1) is 18.7. The standard InChI is InChI=1S/C15H20F2N2O4S2/c16-12-7-13(17)9-15(8-12)24(20,21)18-10-11-3-5-19(6-4-11)25(22,23)14-1-2-14/h7-9,11,14,18H,1-6,10H2. The maximum atomic E-state index is 13.2. The lowest BCUT2D eigenvalue weighted by Crippen LogP contribution is -2.42. The van der Waals surface area contributed by atoms with Crippen molar-refractivity contribution in [2.75, 3.05) is 19.6 Å². The summed E-state index contributed by atoms with van der Waals surface area (Å²) in [6.07, 6.45) is 2.52. The van der Waals surface area contributed by atoms with Crippen LogP contribution in [0.4, 0.5) is 8.78 Å². The third-order valence-corrected chi connectivity index (χ3v) is 8.39. The molecule has 1 aliphatic heterocycles. The molecule has 0 spiro atoms. The molecule has 1 aromatic carbocycles. The van der Waals surface area contributed by atoms with Crippen LogP contribution >= 0.6 is 0 Å². The lowest BCUT2D eigenvalue weighted by Gasteiger charge is -2.31. The van der Waals surface area contributed by atoms with Crippen molar-refractivity contribution in [3.8, 4) is 0 Å². The Hall–Kier alpha value is -1.10. The van der Waals surface area contributed by atoms with Crippen molar-refractivity contribution >= 4 is 20.0 Å². The van der Waals surface area contributed by atoms with Gasteiger partial charge in [-0.2, -0.15) is 0 Å². The number of hydrogen-bond donors (Lipinski definition) is 1. The van der Waals surface area contributed by atoms with Gasteiger partial charge in [0.25, 0.3) is 0 Å². The van der Waals surface area contributed by atoms with E-state index in [9.17, 15) is 25.6 Å². The van der Waals surface area contributed by atoms with Crippen LogP contribution in [-0.2, 0) is 20.0 Å². The van der Waals surface area contributed by atoms with E-state index in [1.165, 1.54) is 4.31 Å². The molecule has 6 nitrogen and oxygen atoms in total. The maximum Gasteiger partial charge on any atom is 0.240 e. The molecule has 3 rings (SSSR count). The zero-order valence-electron chi connectivity index (χ0n) is 13.5. The van der Waals surface area contributed by atoms with Crippen LogP contribution in [0.5, 0.6) is 0 Å². The Morgan fingerprint density at radius 3 is 2.04 bits per heavy atom. The quantitative estimate of drug-likeness (QED) is 0.792. The first-order valence-electron chi connectivity index (χ1n) is 8.13. The van der Waals surface area contributed by atoms with Crippen molar-refractivity contribution in [2.45, 2.75) is 35.8 Å². The minimum Gasteiger partial charge on any atom is -0.212 e. The zero-order valence-corrected chi connectivity index (χ0v) is 15.1. The van der Waals surface area contributed by atoms with E-state index in [1.807, 2.05) is 0 Å². The summed E-state index contributed by atoms with van der Waals surface area (Å²) < 4.78 is 78.8. The van der Waals surface area contributed by atoms with Gasteiger partial charge in [-0.15, -0.1) is 0 Å². The lowest BCUT2D eigenvalue weighted by molar-refractivity contribution is 0.274. The molecule has 0 aromatic heterocycles. The summed E-state index contributed by atoms with van der Waals surface area (Å²) in [6.45, 7) is 0.859. The van der Waals surface area contributed by atoms with Crippen LogP contribution in [0, 0.1) is 17.6 Å². The molecule has 0 amide bonds. The molecule has 1 aromatic rings. The van der Waals surface area contributed by atoms with Crippen molar-refractivity contribution in [3.05, 3.63) is 29.8 Å². The summed E-state index contributed by atoms with van der Waals surface area (Å²) in [7, 11) is -7.21. The molecule has 1 heterocycles. The van der Waals surface area contributed by atoms with E-state index < -0.39 is 36.6 Å². The highest BCUT2D eigenvalue weighted by molar-refractivity contribution is 7.90. The molecule has 0 bridgehead atoms. The van der Waals surface area contributed by atoms with Crippen LogP contribution in [0.3, 0.4) is 0 Å². The number of halogens is 2. The van der Waals surface area contributed by atoms with E-state index >= 15 is 0 Å². The lowest BCUT2D eigenvalue weighted by atomic mass is 9.99. The Morgan fingerprint density at radius 1 is 0.960 bits per heavy atom. The zero-order chi connectivity index (χ0) is 18.2. The predicted molar refractivity (Wildman–Crippen MR) is 87.8 cm³/mol. The van der Waals surface area contributed by atoms with E-state index in [0.717, 1.165) is 12.1 Å². The van der Waals surface area contributed by atoms with E-state index in [0.29, 0.717) is 44.8 Å². The summed E-state index contributed by atoms with van der Waals surface area (Å²) in [5, 5.41) is -0.245. The average Bonchev–Trinajstić information content (AvgIpc) is 3.38. The molecule has 0 radical (unpaired) electrons. The molecule has 2 aliphatic rings. The third-order valence-electron chi connectivity index (χ3n) is 4.59. The number of rotatable bonds is 6.